The lowest BCUT2D eigenvalue weighted by Crippen LogP contribution is -2.17. The van der Waals surface area contributed by atoms with Gasteiger partial charge >= 0.3 is 5.97 Å². The summed E-state index contributed by atoms with van der Waals surface area (Å²) in [6.07, 6.45) is 2.42. The van der Waals surface area contributed by atoms with Gasteiger partial charge in [0.15, 0.2) is 0 Å². The maximum atomic E-state index is 11.8. The van der Waals surface area contributed by atoms with Crippen molar-refractivity contribution in [2.45, 2.75) is 33.3 Å². The fourth-order valence-electron chi connectivity index (χ4n) is 1.50. The summed E-state index contributed by atoms with van der Waals surface area (Å²) in [5, 5.41) is 0. The Balaban J connectivity index is 2.63. The van der Waals surface area contributed by atoms with Crippen LogP contribution < -0.4 is 0 Å². The number of carbonyl (C=O) groups excluding carboxylic acids is 1. The molecule has 16 heavy (non-hydrogen) atoms. The van der Waals surface area contributed by atoms with Crippen molar-refractivity contribution in [1.82, 2.24) is 4.98 Å². The number of nitrogens with zero attached hydrogens (tertiary/aromatic N) is 1. The molecule has 88 valence electrons. The molecule has 0 saturated heterocycles. The molecule has 0 bridgehead atoms. The highest BCUT2D eigenvalue weighted by atomic mass is 79.9. The van der Waals surface area contributed by atoms with Gasteiger partial charge in [-0.25, -0.2) is 9.78 Å². The Morgan fingerprint density at radius 2 is 2.19 bits per heavy atom. The van der Waals surface area contributed by atoms with E-state index < -0.39 is 0 Å². The fraction of sp³-hybridized carbons (Fsp3) is 0.500. The van der Waals surface area contributed by atoms with E-state index in [2.05, 4.69) is 34.8 Å². The SMILES string of the molecule is CC(C)CC(C)OC(=O)c1cccnc1Br. The van der Waals surface area contributed by atoms with Gasteiger partial charge in [0, 0.05) is 6.20 Å². The van der Waals surface area contributed by atoms with Gasteiger partial charge in [-0.1, -0.05) is 13.8 Å². The number of aromatic nitrogens is 1. The zero-order valence-electron chi connectivity index (χ0n) is 9.74. The molecule has 0 aliphatic rings. The van der Waals surface area contributed by atoms with E-state index in [1.54, 1.807) is 18.3 Å². The molecule has 1 rings (SSSR count). The Morgan fingerprint density at radius 1 is 1.50 bits per heavy atom. The number of halogens is 1. The maximum absolute atomic E-state index is 11.8. The van der Waals surface area contributed by atoms with Crippen LogP contribution in [0.5, 0.6) is 0 Å². The summed E-state index contributed by atoms with van der Waals surface area (Å²) in [6, 6.07) is 3.41. The van der Waals surface area contributed by atoms with Gasteiger partial charge < -0.3 is 4.74 Å². The van der Waals surface area contributed by atoms with Crippen molar-refractivity contribution < 1.29 is 9.53 Å². The molecular weight excluding hydrogens is 270 g/mol. The molecule has 0 spiro atoms. The lowest BCUT2D eigenvalue weighted by atomic mass is 10.1. The summed E-state index contributed by atoms with van der Waals surface area (Å²) in [7, 11) is 0. The molecule has 1 unspecified atom stereocenters. The first kappa shape index (κ1) is 13.2. The standard InChI is InChI=1S/C12H16BrNO2/c1-8(2)7-9(3)16-12(15)10-5-4-6-14-11(10)13/h4-6,8-9H,7H2,1-3H3. The minimum Gasteiger partial charge on any atom is -0.459 e. The second-order valence-corrected chi connectivity index (χ2v) is 4.94. The van der Waals surface area contributed by atoms with Gasteiger partial charge in [-0.2, -0.15) is 0 Å². The predicted molar refractivity (Wildman–Crippen MR) is 66.3 cm³/mol. The third-order valence-electron chi connectivity index (χ3n) is 2.09. The number of hydrogen-bond acceptors (Lipinski definition) is 3. The predicted octanol–water partition coefficient (Wildman–Crippen LogP) is 3.44. The van der Waals surface area contributed by atoms with Crippen LogP contribution in [0.4, 0.5) is 0 Å². The van der Waals surface area contributed by atoms with E-state index in [-0.39, 0.29) is 12.1 Å². The summed E-state index contributed by atoms with van der Waals surface area (Å²) >= 11 is 3.23. The summed E-state index contributed by atoms with van der Waals surface area (Å²) < 4.78 is 5.84. The van der Waals surface area contributed by atoms with Crippen molar-refractivity contribution in [2.24, 2.45) is 5.92 Å². The van der Waals surface area contributed by atoms with Crippen LogP contribution in [0.1, 0.15) is 37.6 Å². The van der Waals surface area contributed by atoms with E-state index in [0.717, 1.165) is 6.42 Å². The quantitative estimate of drug-likeness (QED) is 0.628. The molecular formula is C12H16BrNO2. The van der Waals surface area contributed by atoms with Gasteiger partial charge in [0.1, 0.15) is 4.60 Å². The highest BCUT2D eigenvalue weighted by molar-refractivity contribution is 9.10. The first-order valence-corrected chi connectivity index (χ1v) is 6.11. The van der Waals surface area contributed by atoms with Crippen LogP contribution in [0, 0.1) is 5.92 Å². The van der Waals surface area contributed by atoms with Crippen LogP contribution in [0.3, 0.4) is 0 Å². The fourth-order valence-corrected chi connectivity index (χ4v) is 1.91. The summed E-state index contributed by atoms with van der Waals surface area (Å²) in [5.74, 6) is 0.188. The van der Waals surface area contributed by atoms with Crippen LogP contribution in [0.25, 0.3) is 0 Å². The summed E-state index contributed by atoms with van der Waals surface area (Å²) in [6.45, 7) is 6.11. The Hall–Kier alpha value is -0.900. The Morgan fingerprint density at radius 3 is 2.75 bits per heavy atom. The Bertz CT molecular complexity index is 366. The average molecular weight is 286 g/mol. The second kappa shape index (κ2) is 5.99. The van der Waals surface area contributed by atoms with E-state index >= 15 is 0 Å². The first-order valence-electron chi connectivity index (χ1n) is 5.32. The molecule has 0 aliphatic carbocycles. The molecule has 0 N–H and O–H groups in total. The average Bonchev–Trinajstić information content (AvgIpc) is 2.16. The van der Waals surface area contributed by atoms with Crippen LogP contribution in [-0.2, 0) is 4.74 Å². The minimum atomic E-state index is -0.326. The van der Waals surface area contributed by atoms with Crippen molar-refractivity contribution in [3.8, 4) is 0 Å². The van der Waals surface area contributed by atoms with Crippen LogP contribution in [0.2, 0.25) is 0 Å². The van der Waals surface area contributed by atoms with E-state index in [9.17, 15) is 4.79 Å². The Kier molecular flexibility index (Phi) is 4.93. The smallest absolute Gasteiger partial charge is 0.341 e. The number of ether oxygens (including phenoxy) is 1. The molecule has 1 heterocycles. The molecule has 0 fully saturated rings. The number of carbonyl (C=O) groups is 1. The van der Waals surface area contributed by atoms with Crippen LogP contribution >= 0.6 is 15.9 Å². The number of rotatable bonds is 4. The lowest BCUT2D eigenvalue weighted by molar-refractivity contribution is 0.0298. The first-order chi connectivity index (χ1) is 7.50. The van der Waals surface area contributed by atoms with Crippen molar-refractivity contribution in [3.63, 3.8) is 0 Å². The van der Waals surface area contributed by atoms with Crippen LogP contribution in [-0.4, -0.2) is 17.1 Å². The van der Waals surface area contributed by atoms with Gasteiger partial charge in [-0.15, -0.1) is 0 Å². The molecule has 1 aromatic heterocycles. The molecule has 0 aromatic carbocycles. The van der Waals surface area contributed by atoms with E-state index in [0.29, 0.717) is 16.1 Å². The van der Waals surface area contributed by atoms with Gasteiger partial charge in [0.05, 0.1) is 11.7 Å². The van der Waals surface area contributed by atoms with Gasteiger partial charge in [-0.3, -0.25) is 0 Å². The van der Waals surface area contributed by atoms with Crippen molar-refractivity contribution >= 4 is 21.9 Å². The summed E-state index contributed by atoms with van der Waals surface area (Å²) in [4.78, 5) is 15.7. The zero-order valence-corrected chi connectivity index (χ0v) is 11.3. The molecule has 4 heteroatoms. The van der Waals surface area contributed by atoms with Gasteiger partial charge in [-0.05, 0) is 47.3 Å². The van der Waals surface area contributed by atoms with E-state index in [1.165, 1.54) is 0 Å². The topological polar surface area (TPSA) is 39.2 Å². The Labute approximate surface area is 104 Å². The van der Waals surface area contributed by atoms with Gasteiger partial charge in [0.2, 0.25) is 0 Å². The zero-order chi connectivity index (χ0) is 12.1. The highest BCUT2D eigenvalue weighted by Gasteiger charge is 2.15. The number of hydrogen-bond donors (Lipinski definition) is 0. The summed E-state index contributed by atoms with van der Waals surface area (Å²) in [5.41, 5.74) is 0.470. The third-order valence-corrected chi connectivity index (χ3v) is 2.72. The normalized spacial score (nSPS) is 12.6. The molecule has 1 aromatic rings. The second-order valence-electron chi connectivity index (χ2n) is 4.19. The molecule has 0 radical (unpaired) electrons. The monoisotopic (exact) mass is 285 g/mol. The molecule has 0 saturated carbocycles. The number of pyridine rings is 1. The highest BCUT2D eigenvalue weighted by Crippen LogP contribution is 2.16. The molecule has 3 nitrogen and oxygen atoms in total. The van der Waals surface area contributed by atoms with E-state index in [1.807, 2.05) is 6.92 Å². The third kappa shape index (κ3) is 3.93. The van der Waals surface area contributed by atoms with Crippen molar-refractivity contribution in [1.29, 1.82) is 0 Å². The van der Waals surface area contributed by atoms with Gasteiger partial charge in [0.25, 0.3) is 0 Å². The lowest BCUT2D eigenvalue weighted by Gasteiger charge is -2.15. The molecule has 0 aliphatic heterocycles. The van der Waals surface area contributed by atoms with E-state index in [4.69, 9.17) is 4.74 Å². The maximum Gasteiger partial charge on any atom is 0.341 e. The molecule has 1 atom stereocenters. The van der Waals surface area contributed by atoms with Crippen LogP contribution in [0.15, 0.2) is 22.9 Å². The van der Waals surface area contributed by atoms with Crippen molar-refractivity contribution in [2.75, 3.05) is 0 Å². The number of esters is 1. The minimum absolute atomic E-state index is 0.0698. The largest absolute Gasteiger partial charge is 0.459 e. The van der Waals surface area contributed by atoms with Crippen molar-refractivity contribution in [3.05, 3.63) is 28.5 Å². The molecule has 0 amide bonds.